The highest BCUT2D eigenvalue weighted by Crippen LogP contribution is 2.39. The predicted octanol–water partition coefficient (Wildman–Crippen LogP) is 2.40. The zero-order chi connectivity index (χ0) is 10.9. The van der Waals surface area contributed by atoms with Crippen LogP contribution in [-0.2, 0) is 12.7 Å². The van der Waals surface area contributed by atoms with E-state index in [-0.39, 0.29) is 17.1 Å². The molecule has 6 heteroatoms. The fourth-order valence-corrected chi connectivity index (χ4v) is 1.30. The van der Waals surface area contributed by atoms with Crippen LogP contribution in [0.4, 0.5) is 18.9 Å². The lowest BCUT2D eigenvalue weighted by molar-refractivity contribution is -0.137. The highest BCUT2D eigenvalue weighted by atomic mass is 35.5. The Balaban J connectivity index is 3.44. The van der Waals surface area contributed by atoms with E-state index in [1.54, 1.807) is 0 Å². The van der Waals surface area contributed by atoms with Gasteiger partial charge in [0.25, 0.3) is 0 Å². The zero-order valence-electron chi connectivity index (χ0n) is 7.03. The van der Waals surface area contributed by atoms with Gasteiger partial charge in [-0.3, -0.25) is 0 Å². The normalized spacial score (nSPS) is 11.8. The minimum atomic E-state index is -4.52. The second-order valence-corrected chi connectivity index (χ2v) is 3.10. The van der Waals surface area contributed by atoms with E-state index in [4.69, 9.17) is 23.1 Å². The number of rotatable bonds is 1. The van der Waals surface area contributed by atoms with Gasteiger partial charge in [-0.25, -0.2) is 0 Å². The summed E-state index contributed by atoms with van der Waals surface area (Å²) in [6.45, 7) is -0.226. The Hall–Kier alpha value is -0.940. The van der Waals surface area contributed by atoms with Crippen molar-refractivity contribution in [1.82, 2.24) is 0 Å². The third-order valence-electron chi connectivity index (χ3n) is 1.78. The summed E-state index contributed by atoms with van der Waals surface area (Å²) < 4.78 is 37.4. The molecule has 2 nitrogen and oxygen atoms in total. The molecular weight excluding hydrogens is 217 g/mol. The van der Waals surface area contributed by atoms with Crippen molar-refractivity contribution in [1.29, 1.82) is 0 Å². The van der Waals surface area contributed by atoms with Crippen molar-refractivity contribution < 1.29 is 13.2 Å². The van der Waals surface area contributed by atoms with E-state index in [1.807, 2.05) is 0 Å². The number of alkyl halides is 3. The van der Waals surface area contributed by atoms with E-state index in [0.29, 0.717) is 0 Å². The number of anilines is 1. The first-order valence-electron chi connectivity index (χ1n) is 3.72. The van der Waals surface area contributed by atoms with Crippen LogP contribution in [0.1, 0.15) is 11.1 Å². The Labute approximate surface area is 83.6 Å². The van der Waals surface area contributed by atoms with Gasteiger partial charge in [0.15, 0.2) is 0 Å². The Morgan fingerprint density at radius 1 is 1.29 bits per heavy atom. The van der Waals surface area contributed by atoms with Crippen molar-refractivity contribution >= 4 is 17.3 Å². The molecule has 0 fully saturated rings. The van der Waals surface area contributed by atoms with Crippen LogP contribution in [0, 0.1) is 0 Å². The van der Waals surface area contributed by atoms with E-state index < -0.39 is 17.4 Å². The van der Waals surface area contributed by atoms with Crippen LogP contribution >= 0.6 is 11.6 Å². The third kappa shape index (κ3) is 1.93. The second kappa shape index (κ2) is 3.67. The highest BCUT2D eigenvalue weighted by molar-refractivity contribution is 6.33. The third-order valence-corrected chi connectivity index (χ3v) is 2.11. The second-order valence-electron chi connectivity index (χ2n) is 2.70. The van der Waals surface area contributed by atoms with Gasteiger partial charge in [0.1, 0.15) is 0 Å². The Bertz CT molecular complexity index is 349. The molecule has 4 N–H and O–H groups in total. The van der Waals surface area contributed by atoms with Gasteiger partial charge >= 0.3 is 6.18 Å². The molecule has 0 amide bonds. The molecule has 0 saturated heterocycles. The molecule has 0 spiro atoms. The summed E-state index contributed by atoms with van der Waals surface area (Å²) in [5.41, 5.74) is 8.94. The molecule has 0 saturated carbocycles. The van der Waals surface area contributed by atoms with Gasteiger partial charge in [-0.1, -0.05) is 17.7 Å². The number of nitrogen functional groups attached to an aromatic ring is 1. The minimum absolute atomic E-state index is 0.0561. The van der Waals surface area contributed by atoms with E-state index in [9.17, 15) is 13.2 Å². The molecule has 14 heavy (non-hydrogen) atoms. The van der Waals surface area contributed by atoms with Crippen LogP contribution in [0.2, 0.25) is 5.02 Å². The molecular formula is C8H8ClF3N2. The molecule has 1 rings (SSSR count). The maximum atomic E-state index is 12.5. The topological polar surface area (TPSA) is 52.0 Å². The fraction of sp³-hybridized carbons (Fsp3) is 0.250. The summed E-state index contributed by atoms with van der Waals surface area (Å²) in [6, 6.07) is 2.52. The Morgan fingerprint density at radius 3 is 2.29 bits per heavy atom. The molecule has 1 aromatic rings. The highest BCUT2D eigenvalue weighted by Gasteiger charge is 2.36. The molecule has 0 atom stereocenters. The SMILES string of the molecule is NCc1ccc(Cl)c(N)c1C(F)(F)F. The monoisotopic (exact) mass is 224 g/mol. The summed E-state index contributed by atoms with van der Waals surface area (Å²) in [5.74, 6) is 0. The van der Waals surface area contributed by atoms with Crippen molar-refractivity contribution in [3.63, 3.8) is 0 Å². The van der Waals surface area contributed by atoms with Crippen LogP contribution in [0.5, 0.6) is 0 Å². The van der Waals surface area contributed by atoms with Crippen molar-refractivity contribution in [2.45, 2.75) is 12.7 Å². The average molecular weight is 225 g/mol. The predicted molar refractivity (Wildman–Crippen MR) is 48.8 cm³/mol. The van der Waals surface area contributed by atoms with E-state index in [0.717, 1.165) is 0 Å². The molecule has 0 aliphatic rings. The quantitative estimate of drug-likeness (QED) is 0.720. The van der Waals surface area contributed by atoms with Crippen LogP contribution < -0.4 is 11.5 Å². The van der Waals surface area contributed by atoms with Gasteiger partial charge in [0.2, 0.25) is 0 Å². The Kier molecular flexibility index (Phi) is 2.92. The summed E-state index contributed by atoms with van der Waals surface area (Å²) in [5, 5.41) is -0.116. The number of hydrogen-bond donors (Lipinski definition) is 2. The minimum Gasteiger partial charge on any atom is -0.397 e. The van der Waals surface area contributed by atoms with Gasteiger partial charge in [0.05, 0.1) is 16.3 Å². The van der Waals surface area contributed by atoms with Crippen molar-refractivity contribution in [3.05, 3.63) is 28.3 Å². The lowest BCUT2D eigenvalue weighted by atomic mass is 10.1. The van der Waals surface area contributed by atoms with Crippen molar-refractivity contribution in [2.75, 3.05) is 5.73 Å². The zero-order valence-corrected chi connectivity index (χ0v) is 7.78. The number of nitrogens with two attached hydrogens (primary N) is 2. The summed E-state index contributed by atoms with van der Waals surface area (Å²) in [4.78, 5) is 0. The smallest absolute Gasteiger partial charge is 0.397 e. The van der Waals surface area contributed by atoms with Gasteiger partial charge < -0.3 is 11.5 Å². The number of hydrogen-bond acceptors (Lipinski definition) is 2. The van der Waals surface area contributed by atoms with E-state index >= 15 is 0 Å². The molecule has 0 aromatic heterocycles. The summed E-state index contributed by atoms with van der Waals surface area (Å²) in [6.07, 6.45) is -4.52. The first-order chi connectivity index (χ1) is 6.38. The average Bonchev–Trinajstić information content (AvgIpc) is 2.07. The lowest BCUT2D eigenvalue weighted by Crippen LogP contribution is -2.15. The maximum absolute atomic E-state index is 12.5. The van der Waals surface area contributed by atoms with Crippen molar-refractivity contribution in [3.8, 4) is 0 Å². The van der Waals surface area contributed by atoms with Gasteiger partial charge in [-0.2, -0.15) is 13.2 Å². The van der Waals surface area contributed by atoms with Gasteiger partial charge in [0, 0.05) is 6.54 Å². The molecule has 0 heterocycles. The van der Waals surface area contributed by atoms with Crippen LogP contribution in [0.3, 0.4) is 0 Å². The molecule has 0 aliphatic heterocycles. The maximum Gasteiger partial charge on any atom is 0.418 e. The van der Waals surface area contributed by atoms with E-state index in [1.165, 1.54) is 12.1 Å². The number of halogens is 4. The van der Waals surface area contributed by atoms with Crippen LogP contribution in [0.25, 0.3) is 0 Å². The van der Waals surface area contributed by atoms with Crippen LogP contribution in [-0.4, -0.2) is 0 Å². The molecule has 0 radical (unpaired) electrons. The largest absolute Gasteiger partial charge is 0.418 e. The molecule has 78 valence electrons. The van der Waals surface area contributed by atoms with Crippen LogP contribution in [0.15, 0.2) is 12.1 Å². The first-order valence-corrected chi connectivity index (χ1v) is 4.10. The molecule has 0 unspecified atom stereocenters. The fourth-order valence-electron chi connectivity index (χ4n) is 1.14. The van der Waals surface area contributed by atoms with Crippen molar-refractivity contribution in [2.24, 2.45) is 5.73 Å². The standard InChI is InChI=1S/C8H8ClF3N2/c9-5-2-1-4(3-13)6(7(5)14)8(10,11)12/h1-2H,3,13-14H2. The number of benzene rings is 1. The molecule has 0 aliphatic carbocycles. The van der Waals surface area contributed by atoms with Gasteiger partial charge in [-0.15, -0.1) is 0 Å². The lowest BCUT2D eigenvalue weighted by Gasteiger charge is -2.15. The molecule has 1 aromatic carbocycles. The van der Waals surface area contributed by atoms with Gasteiger partial charge in [-0.05, 0) is 11.6 Å². The molecule has 0 bridgehead atoms. The summed E-state index contributed by atoms with van der Waals surface area (Å²) in [7, 11) is 0. The Morgan fingerprint density at radius 2 is 1.86 bits per heavy atom. The van der Waals surface area contributed by atoms with E-state index in [2.05, 4.69) is 0 Å². The summed E-state index contributed by atoms with van der Waals surface area (Å²) >= 11 is 5.48. The first kappa shape index (κ1) is 11.1.